The second kappa shape index (κ2) is 44.9. The topological polar surface area (TPSA) is 108 Å². The molecular weight excluding hydrogens is 792 g/mol. The lowest BCUT2D eigenvalue weighted by Gasteiger charge is -2.29. The van der Waals surface area contributed by atoms with Crippen LogP contribution in [0, 0.1) is 0 Å². The molecule has 3 unspecified atom stereocenters. The Morgan fingerprint density at radius 3 is 1.34 bits per heavy atom. The molecule has 2 N–H and O–H groups in total. The van der Waals surface area contributed by atoms with Crippen molar-refractivity contribution in [3.63, 3.8) is 0 Å². The number of rotatable bonds is 48. The zero-order valence-electron chi connectivity index (χ0n) is 41.6. The van der Waals surface area contributed by atoms with E-state index in [9.17, 15) is 19.4 Å². The SMILES string of the molecule is CCCCC/C=C\C=C/CCCCCCCCCCCCC(=O)NC(COP(=O)([O-])OCC[N+](C)(C)C)C(O)/C=C/CCCCCCCCCCCCCCCCCCCCC. The van der Waals surface area contributed by atoms with Crippen LogP contribution in [0.1, 0.15) is 245 Å². The zero-order chi connectivity index (χ0) is 45.7. The number of allylic oxidation sites excluding steroid dienone is 5. The molecule has 62 heavy (non-hydrogen) atoms. The van der Waals surface area contributed by atoms with Gasteiger partial charge in [-0.05, 0) is 44.9 Å². The number of nitrogens with one attached hydrogen (secondary N) is 1. The monoisotopic (exact) mass is 895 g/mol. The molecule has 0 fully saturated rings. The fourth-order valence-corrected chi connectivity index (χ4v) is 8.40. The number of amides is 1. The van der Waals surface area contributed by atoms with Crippen molar-refractivity contribution >= 4 is 13.7 Å². The highest BCUT2D eigenvalue weighted by atomic mass is 31.2. The molecule has 0 aliphatic carbocycles. The lowest BCUT2D eigenvalue weighted by atomic mass is 10.0. The maximum atomic E-state index is 12.9. The maximum Gasteiger partial charge on any atom is 0.268 e. The molecule has 0 rings (SSSR count). The van der Waals surface area contributed by atoms with Crippen molar-refractivity contribution in [1.29, 1.82) is 0 Å². The molecule has 0 bridgehead atoms. The fourth-order valence-electron chi connectivity index (χ4n) is 7.67. The molecule has 366 valence electrons. The van der Waals surface area contributed by atoms with Gasteiger partial charge in [-0.2, -0.15) is 0 Å². The van der Waals surface area contributed by atoms with E-state index < -0.39 is 20.0 Å². The van der Waals surface area contributed by atoms with E-state index in [1.165, 1.54) is 186 Å². The van der Waals surface area contributed by atoms with E-state index >= 15 is 0 Å². The van der Waals surface area contributed by atoms with Crippen molar-refractivity contribution in [3.8, 4) is 0 Å². The number of quaternary nitrogens is 1. The van der Waals surface area contributed by atoms with Crippen LogP contribution in [0.3, 0.4) is 0 Å². The van der Waals surface area contributed by atoms with E-state index in [4.69, 9.17) is 9.05 Å². The Balaban J connectivity index is 4.29. The number of carbonyl (C=O) groups is 1. The minimum atomic E-state index is -4.59. The van der Waals surface area contributed by atoms with Crippen LogP contribution < -0.4 is 10.2 Å². The number of aliphatic hydroxyl groups is 1. The first-order valence-electron chi connectivity index (χ1n) is 26.4. The molecule has 0 aliphatic heterocycles. The molecule has 1 amide bonds. The average Bonchev–Trinajstić information content (AvgIpc) is 3.23. The summed E-state index contributed by atoms with van der Waals surface area (Å²) in [4.78, 5) is 25.4. The first-order chi connectivity index (χ1) is 30.0. The van der Waals surface area contributed by atoms with Crippen molar-refractivity contribution in [2.45, 2.75) is 257 Å². The van der Waals surface area contributed by atoms with Gasteiger partial charge < -0.3 is 28.8 Å². The number of unbranched alkanes of at least 4 members (excludes halogenated alkanes) is 32. The van der Waals surface area contributed by atoms with Crippen LogP contribution in [0.4, 0.5) is 0 Å². The summed E-state index contributed by atoms with van der Waals surface area (Å²) in [5.74, 6) is -0.200. The van der Waals surface area contributed by atoms with Gasteiger partial charge in [0.1, 0.15) is 13.2 Å². The predicted octanol–water partition coefficient (Wildman–Crippen LogP) is 14.8. The zero-order valence-corrected chi connectivity index (χ0v) is 42.5. The highest BCUT2D eigenvalue weighted by molar-refractivity contribution is 7.45. The van der Waals surface area contributed by atoms with Crippen molar-refractivity contribution in [2.24, 2.45) is 0 Å². The van der Waals surface area contributed by atoms with Gasteiger partial charge in [0.15, 0.2) is 0 Å². The Kier molecular flexibility index (Phi) is 44.0. The van der Waals surface area contributed by atoms with Gasteiger partial charge >= 0.3 is 0 Å². The third-order valence-corrected chi connectivity index (χ3v) is 12.8. The van der Waals surface area contributed by atoms with Crippen LogP contribution in [-0.4, -0.2) is 68.5 Å². The van der Waals surface area contributed by atoms with Crippen molar-refractivity contribution in [2.75, 3.05) is 40.9 Å². The summed E-state index contributed by atoms with van der Waals surface area (Å²) >= 11 is 0. The lowest BCUT2D eigenvalue weighted by Crippen LogP contribution is -2.45. The number of likely N-dealkylation sites (N-methyl/N-ethyl adjacent to an activating group) is 1. The van der Waals surface area contributed by atoms with Gasteiger partial charge in [-0.15, -0.1) is 0 Å². The van der Waals surface area contributed by atoms with Crippen LogP contribution in [-0.2, 0) is 18.4 Å². The minimum absolute atomic E-state index is 0.00140. The molecule has 0 aromatic carbocycles. The molecule has 0 saturated carbocycles. The first kappa shape index (κ1) is 60.7. The molecule has 8 nitrogen and oxygen atoms in total. The number of hydrogen-bond donors (Lipinski definition) is 2. The van der Waals surface area contributed by atoms with Crippen LogP contribution in [0.2, 0.25) is 0 Å². The summed E-state index contributed by atoms with van der Waals surface area (Å²) in [6.45, 7) is 4.64. The highest BCUT2D eigenvalue weighted by Gasteiger charge is 2.23. The Labute approximate surface area is 385 Å². The van der Waals surface area contributed by atoms with E-state index in [1.807, 2.05) is 27.2 Å². The highest BCUT2D eigenvalue weighted by Crippen LogP contribution is 2.38. The molecule has 3 atom stereocenters. The van der Waals surface area contributed by atoms with Gasteiger partial charge in [0.2, 0.25) is 5.91 Å². The molecule has 0 spiro atoms. The lowest BCUT2D eigenvalue weighted by molar-refractivity contribution is -0.870. The largest absolute Gasteiger partial charge is 0.756 e. The van der Waals surface area contributed by atoms with E-state index in [1.54, 1.807) is 6.08 Å². The van der Waals surface area contributed by atoms with Gasteiger partial charge in [0, 0.05) is 6.42 Å². The van der Waals surface area contributed by atoms with Crippen molar-refractivity contribution in [3.05, 3.63) is 36.5 Å². The molecule has 9 heteroatoms. The van der Waals surface area contributed by atoms with Crippen LogP contribution in [0.15, 0.2) is 36.5 Å². The molecule has 0 saturated heterocycles. The number of nitrogens with zero attached hydrogens (tertiary/aromatic N) is 1. The second-order valence-electron chi connectivity index (χ2n) is 19.3. The van der Waals surface area contributed by atoms with Crippen LogP contribution in [0.25, 0.3) is 0 Å². The third kappa shape index (κ3) is 46.7. The van der Waals surface area contributed by atoms with Crippen molar-refractivity contribution in [1.82, 2.24) is 5.32 Å². The number of phosphoric ester groups is 1. The molecular formula is C53H103N2O6P. The number of phosphoric acid groups is 1. The Hall–Kier alpha value is -1.28. The second-order valence-corrected chi connectivity index (χ2v) is 20.7. The first-order valence-corrected chi connectivity index (χ1v) is 27.8. The summed E-state index contributed by atoms with van der Waals surface area (Å²) in [6.07, 6.45) is 56.2. The third-order valence-electron chi connectivity index (χ3n) is 11.9. The maximum absolute atomic E-state index is 12.9. The Morgan fingerprint density at radius 1 is 0.565 bits per heavy atom. The van der Waals surface area contributed by atoms with Gasteiger partial charge in [0.25, 0.3) is 7.82 Å². The molecule has 0 radical (unpaired) electrons. The van der Waals surface area contributed by atoms with E-state index in [-0.39, 0.29) is 19.1 Å². The quantitative estimate of drug-likeness (QED) is 0.0207. The average molecular weight is 895 g/mol. The number of carbonyl (C=O) groups excluding carboxylic acids is 1. The van der Waals surface area contributed by atoms with Gasteiger partial charge in [0.05, 0.1) is 39.9 Å². The smallest absolute Gasteiger partial charge is 0.268 e. The summed E-state index contributed by atoms with van der Waals surface area (Å²) in [5.41, 5.74) is 0. The minimum Gasteiger partial charge on any atom is -0.756 e. The van der Waals surface area contributed by atoms with Crippen LogP contribution >= 0.6 is 7.82 Å². The normalized spacial score (nSPS) is 14.4. The van der Waals surface area contributed by atoms with E-state index in [2.05, 4.69) is 43.5 Å². The predicted molar refractivity (Wildman–Crippen MR) is 265 cm³/mol. The van der Waals surface area contributed by atoms with E-state index in [0.717, 1.165) is 38.5 Å². The van der Waals surface area contributed by atoms with Crippen LogP contribution in [0.5, 0.6) is 0 Å². The number of hydrogen-bond acceptors (Lipinski definition) is 6. The molecule has 0 aromatic heterocycles. The summed E-state index contributed by atoms with van der Waals surface area (Å²) < 4.78 is 23.3. The standard InChI is InChI=1S/C53H103N2O6P/c1-6-8-10-12-14-16-18-20-22-24-26-27-29-30-32-34-36-38-40-42-44-46-52(56)51(50-61-62(58,59)60-49-48-55(3,4)5)54-53(57)47-45-43-41-39-37-35-33-31-28-25-23-21-19-17-15-13-11-9-7-2/h15,17,19,21,44,46,51-52,56H,6-14,16,18,20,22-43,45,47-50H2,1-5H3,(H-,54,57,58,59)/b17-15-,21-19-,46-44+. The molecule has 0 aromatic rings. The van der Waals surface area contributed by atoms with Gasteiger partial charge in [-0.25, -0.2) is 0 Å². The number of aliphatic hydroxyl groups excluding tert-OH is 1. The van der Waals surface area contributed by atoms with Gasteiger partial charge in [-0.1, -0.05) is 230 Å². The molecule has 0 aliphatic rings. The van der Waals surface area contributed by atoms with Gasteiger partial charge in [-0.3, -0.25) is 9.36 Å². The van der Waals surface area contributed by atoms with Crippen molar-refractivity contribution < 1.29 is 32.9 Å². The fraction of sp³-hybridized carbons (Fsp3) is 0.868. The molecule has 0 heterocycles. The summed E-state index contributed by atoms with van der Waals surface area (Å²) in [5, 5.41) is 13.9. The summed E-state index contributed by atoms with van der Waals surface area (Å²) in [7, 11) is 1.26. The summed E-state index contributed by atoms with van der Waals surface area (Å²) in [6, 6.07) is -0.888. The Morgan fingerprint density at radius 2 is 0.919 bits per heavy atom. The Bertz CT molecular complexity index is 1110. The van der Waals surface area contributed by atoms with E-state index in [0.29, 0.717) is 17.4 Å².